The standard InChI is InChI=1S/C17H21FN4O/c1-11-13(18)4-2-5-14(11)20-16-10-15(12-6-7-12)21-17(22-16)19-8-3-9-23/h2,4-5,10,12,23H,3,6-9H2,1H3,(H2,19,20,21,22). The van der Waals surface area contributed by atoms with Gasteiger partial charge in [-0.15, -0.1) is 0 Å². The molecule has 1 aliphatic rings. The Morgan fingerprint density at radius 3 is 2.87 bits per heavy atom. The average Bonchev–Trinajstić information content (AvgIpc) is 3.37. The van der Waals surface area contributed by atoms with Crippen LogP contribution in [0.15, 0.2) is 24.3 Å². The molecule has 0 saturated heterocycles. The highest BCUT2D eigenvalue weighted by Crippen LogP contribution is 2.40. The van der Waals surface area contributed by atoms with E-state index in [1.807, 2.05) is 12.1 Å². The lowest BCUT2D eigenvalue weighted by Gasteiger charge is -2.12. The van der Waals surface area contributed by atoms with Crippen LogP contribution in [0.4, 0.5) is 21.8 Å². The first-order chi connectivity index (χ1) is 11.2. The highest BCUT2D eigenvalue weighted by molar-refractivity contribution is 5.61. The van der Waals surface area contributed by atoms with Gasteiger partial charge in [-0.25, -0.2) is 9.37 Å². The molecule has 1 aromatic carbocycles. The van der Waals surface area contributed by atoms with E-state index in [1.54, 1.807) is 13.0 Å². The van der Waals surface area contributed by atoms with Crippen LogP contribution in [0.1, 0.15) is 36.4 Å². The van der Waals surface area contributed by atoms with Crippen molar-refractivity contribution in [3.63, 3.8) is 0 Å². The Morgan fingerprint density at radius 1 is 1.30 bits per heavy atom. The van der Waals surface area contributed by atoms with Crippen molar-refractivity contribution >= 4 is 17.5 Å². The van der Waals surface area contributed by atoms with E-state index in [1.165, 1.54) is 6.07 Å². The quantitative estimate of drug-likeness (QED) is 0.684. The van der Waals surface area contributed by atoms with Crippen LogP contribution in [0.5, 0.6) is 0 Å². The molecule has 0 bridgehead atoms. The number of nitrogens with one attached hydrogen (secondary N) is 2. The molecule has 1 aromatic heterocycles. The Kier molecular flexibility index (Phi) is 4.71. The number of hydrogen-bond acceptors (Lipinski definition) is 5. The molecule has 0 amide bonds. The number of halogens is 1. The number of anilines is 3. The SMILES string of the molecule is Cc1c(F)cccc1Nc1cc(C2CC2)nc(NCCCO)n1. The van der Waals surface area contributed by atoms with E-state index >= 15 is 0 Å². The Morgan fingerprint density at radius 2 is 2.13 bits per heavy atom. The number of aromatic nitrogens is 2. The molecule has 0 unspecified atom stereocenters. The van der Waals surface area contributed by atoms with Crippen molar-refractivity contribution in [3.05, 3.63) is 41.3 Å². The minimum atomic E-state index is -0.243. The van der Waals surface area contributed by atoms with E-state index in [0.717, 1.165) is 18.5 Å². The summed E-state index contributed by atoms with van der Waals surface area (Å²) in [4.78, 5) is 8.97. The van der Waals surface area contributed by atoms with Crippen LogP contribution in [0.2, 0.25) is 0 Å². The van der Waals surface area contributed by atoms with E-state index in [9.17, 15) is 4.39 Å². The van der Waals surface area contributed by atoms with Crippen molar-refractivity contribution < 1.29 is 9.50 Å². The third-order valence-corrected chi connectivity index (χ3v) is 3.89. The van der Waals surface area contributed by atoms with Crippen molar-refractivity contribution in [2.45, 2.75) is 32.1 Å². The summed E-state index contributed by atoms with van der Waals surface area (Å²) in [7, 11) is 0. The summed E-state index contributed by atoms with van der Waals surface area (Å²) in [5.74, 6) is 1.44. The summed E-state index contributed by atoms with van der Waals surface area (Å²) in [6, 6.07) is 6.88. The Hall–Kier alpha value is -2.21. The van der Waals surface area contributed by atoms with E-state index in [-0.39, 0.29) is 12.4 Å². The van der Waals surface area contributed by atoms with Crippen LogP contribution in [0.25, 0.3) is 0 Å². The summed E-state index contributed by atoms with van der Waals surface area (Å²) in [5, 5.41) is 15.2. The van der Waals surface area contributed by atoms with Gasteiger partial charge in [-0.2, -0.15) is 4.98 Å². The highest BCUT2D eigenvalue weighted by atomic mass is 19.1. The molecule has 122 valence electrons. The second-order valence-corrected chi connectivity index (χ2v) is 5.82. The molecule has 2 aromatic rings. The molecule has 3 N–H and O–H groups in total. The molecule has 23 heavy (non-hydrogen) atoms. The average molecular weight is 316 g/mol. The lowest BCUT2D eigenvalue weighted by molar-refractivity contribution is 0.292. The summed E-state index contributed by atoms with van der Waals surface area (Å²) in [6.07, 6.45) is 2.93. The van der Waals surface area contributed by atoms with Gasteiger partial charge in [-0.05, 0) is 38.3 Å². The van der Waals surface area contributed by atoms with Crippen molar-refractivity contribution in [1.82, 2.24) is 9.97 Å². The van der Waals surface area contributed by atoms with Crippen LogP contribution in [0, 0.1) is 12.7 Å². The first kappa shape index (κ1) is 15.7. The molecule has 1 aliphatic carbocycles. The molecule has 5 nitrogen and oxygen atoms in total. The van der Waals surface area contributed by atoms with Gasteiger partial charge in [0.2, 0.25) is 5.95 Å². The van der Waals surface area contributed by atoms with Gasteiger partial charge in [-0.3, -0.25) is 0 Å². The minimum absolute atomic E-state index is 0.128. The molecule has 6 heteroatoms. The summed E-state index contributed by atoms with van der Waals surface area (Å²) in [6.45, 7) is 2.48. The molecule has 1 saturated carbocycles. The van der Waals surface area contributed by atoms with Crippen molar-refractivity contribution in [1.29, 1.82) is 0 Å². The van der Waals surface area contributed by atoms with Gasteiger partial charge in [-0.1, -0.05) is 6.07 Å². The summed E-state index contributed by atoms with van der Waals surface area (Å²) < 4.78 is 13.7. The number of aliphatic hydroxyl groups excluding tert-OH is 1. The van der Waals surface area contributed by atoms with Crippen molar-refractivity contribution in [3.8, 4) is 0 Å². The number of benzene rings is 1. The maximum absolute atomic E-state index is 13.7. The monoisotopic (exact) mass is 316 g/mol. The largest absolute Gasteiger partial charge is 0.396 e. The topological polar surface area (TPSA) is 70.1 Å². The van der Waals surface area contributed by atoms with Gasteiger partial charge in [0, 0.05) is 36.4 Å². The zero-order valence-electron chi connectivity index (χ0n) is 13.1. The number of aliphatic hydroxyl groups is 1. The van der Waals surface area contributed by atoms with Gasteiger partial charge in [0.25, 0.3) is 0 Å². The lowest BCUT2D eigenvalue weighted by atomic mass is 10.2. The third-order valence-electron chi connectivity index (χ3n) is 3.89. The Labute approximate surface area is 135 Å². The van der Waals surface area contributed by atoms with Gasteiger partial charge in [0.05, 0.1) is 5.69 Å². The fraction of sp³-hybridized carbons (Fsp3) is 0.412. The molecule has 0 radical (unpaired) electrons. The van der Waals surface area contributed by atoms with Crippen molar-refractivity contribution in [2.75, 3.05) is 23.8 Å². The first-order valence-corrected chi connectivity index (χ1v) is 7.93. The molecule has 0 spiro atoms. The van der Waals surface area contributed by atoms with Crippen LogP contribution in [-0.4, -0.2) is 28.2 Å². The summed E-state index contributed by atoms with van der Waals surface area (Å²) in [5.41, 5.74) is 2.27. The van der Waals surface area contributed by atoms with E-state index in [2.05, 4.69) is 20.6 Å². The molecule has 0 aliphatic heterocycles. The van der Waals surface area contributed by atoms with E-state index < -0.39 is 0 Å². The Bertz CT molecular complexity index is 688. The maximum atomic E-state index is 13.7. The van der Waals surface area contributed by atoms with Gasteiger partial charge >= 0.3 is 0 Å². The Balaban J connectivity index is 1.83. The zero-order valence-corrected chi connectivity index (χ0v) is 13.1. The normalized spacial score (nSPS) is 13.9. The van der Waals surface area contributed by atoms with E-state index in [4.69, 9.17) is 5.11 Å². The predicted octanol–water partition coefficient (Wildman–Crippen LogP) is 3.34. The second kappa shape index (κ2) is 6.91. The van der Waals surface area contributed by atoms with Gasteiger partial charge < -0.3 is 15.7 Å². The first-order valence-electron chi connectivity index (χ1n) is 7.93. The number of nitrogens with zero attached hydrogens (tertiary/aromatic N) is 2. The molecule has 1 heterocycles. The predicted molar refractivity (Wildman–Crippen MR) is 88.6 cm³/mol. The fourth-order valence-electron chi connectivity index (χ4n) is 2.36. The summed E-state index contributed by atoms with van der Waals surface area (Å²) >= 11 is 0. The van der Waals surface area contributed by atoms with Gasteiger partial charge in [0.1, 0.15) is 11.6 Å². The van der Waals surface area contributed by atoms with Crippen LogP contribution < -0.4 is 10.6 Å². The lowest BCUT2D eigenvalue weighted by Crippen LogP contribution is -2.09. The molecule has 0 atom stereocenters. The highest BCUT2D eigenvalue weighted by Gasteiger charge is 2.26. The van der Waals surface area contributed by atoms with Crippen molar-refractivity contribution in [2.24, 2.45) is 0 Å². The molecular formula is C17H21FN4O. The van der Waals surface area contributed by atoms with Crippen LogP contribution in [-0.2, 0) is 0 Å². The third kappa shape index (κ3) is 3.96. The smallest absolute Gasteiger partial charge is 0.224 e. The van der Waals surface area contributed by atoms with Crippen LogP contribution >= 0.6 is 0 Å². The second-order valence-electron chi connectivity index (χ2n) is 5.82. The molecule has 3 rings (SSSR count). The maximum Gasteiger partial charge on any atom is 0.224 e. The molecule has 1 fully saturated rings. The number of hydrogen-bond donors (Lipinski definition) is 3. The number of rotatable bonds is 7. The zero-order chi connectivity index (χ0) is 16.2. The molecular weight excluding hydrogens is 295 g/mol. The minimum Gasteiger partial charge on any atom is -0.396 e. The van der Waals surface area contributed by atoms with Gasteiger partial charge in [0.15, 0.2) is 0 Å². The fourth-order valence-corrected chi connectivity index (χ4v) is 2.36. The van der Waals surface area contributed by atoms with Crippen LogP contribution in [0.3, 0.4) is 0 Å². The van der Waals surface area contributed by atoms with E-state index in [0.29, 0.717) is 41.9 Å².